The Balaban J connectivity index is 2.07. The van der Waals surface area contributed by atoms with E-state index in [1.807, 2.05) is 26.0 Å². The number of carbonyl (C=O) groups is 2. The number of methoxy groups -OCH3 is 1. The Morgan fingerprint density at radius 3 is 2.33 bits per heavy atom. The summed E-state index contributed by atoms with van der Waals surface area (Å²) in [4.78, 5) is 26.7. The maximum absolute atomic E-state index is 12.5. The third kappa shape index (κ3) is 5.23. The van der Waals surface area contributed by atoms with Gasteiger partial charge < -0.3 is 19.7 Å². The van der Waals surface area contributed by atoms with Crippen molar-refractivity contribution in [3.8, 4) is 11.5 Å². The molecular formula is C21H26N2O4. The number of hydrogen-bond donors (Lipinski definition) is 1. The maximum Gasteiger partial charge on any atom is 0.265 e. The second-order valence-corrected chi connectivity index (χ2v) is 5.96. The highest BCUT2D eigenvalue weighted by atomic mass is 16.5. The zero-order valence-electron chi connectivity index (χ0n) is 16.2. The summed E-state index contributed by atoms with van der Waals surface area (Å²) in [7, 11) is 1.55. The van der Waals surface area contributed by atoms with E-state index in [4.69, 9.17) is 9.47 Å². The predicted molar refractivity (Wildman–Crippen MR) is 105 cm³/mol. The van der Waals surface area contributed by atoms with Crippen LogP contribution in [0.4, 0.5) is 5.69 Å². The number of ether oxygens (including phenoxy) is 2. The lowest BCUT2D eigenvalue weighted by atomic mass is 10.1. The molecule has 0 aromatic heterocycles. The molecule has 6 heteroatoms. The van der Waals surface area contributed by atoms with Crippen molar-refractivity contribution in [2.45, 2.75) is 26.9 Å². The molecule has 0 aliphatic rings. The molecule has 2 aromatic carbocycles. The summed E-state index contributed by atoms with van der Waals surface area (Å²) < 4.78 is 10.9. The van der Waals surface area contributed by atoms with Crippen LogP contribution in [0.2, 0.25) is 0 Å². The highest BCUT2D eigenvalue weighted by Gasteiger charge is 2.18. The number of hydrogen-bond acceptors (Lipinski definition) is 4. The quantitative estimate of drug-likeness (QED) is 0.771. The third-order valence-electron chi connectivity index (χ3n) is 4.17. The second kappa shape index (κ2) is 9.62. The van der Waals surface area contributed by atoms with Crippen molar-refractivity contribution in [1.82, 2.24) is 4.90 Å². The molecule has 0 aliphatic heterocycles. The summed E-state index contributed by atoms with van der Waals surface area (Å²) in [6.07, 6.45) is -0.733. The Bertz CT molecular complexity index is 787. The van der Waals surface area contributed by atoms with Gasteiger partial charge in [0, 0.05) is 24.3 Å². The molecule has 2 aromatic rings. The van der Waals surface area contributed by atoms with Gasteiger partial charge in [0.05, 0.1) is 7.11 Å². The van der Waals surface area contributed by atoms with E-state index in [1.165, 1.54) is 0 Å². The molecule has 0 spiro atoms. The fraction of sp³-hybridized carbons (Fsp3) is 0.333. The van der Waals surface area contributed by atoms with Gasteiger partial charge in [0.1, 0.15) is 0 Å². The molecule has 6 nitrogen and oxygen atoms in total. The normalized spacial score (nSPS) is 11.4. The lowest BCUT2D eigenvalue weighted by molar-refractivity contribution is -0.122. The maximum atomic E-state index is 12.5. The Morgan fingerprint density at radius 2 is 1.70 bits per heavy atom. The summed E-state index contributed by atoms with van der Waals surface area (Å²) in [5, 5.41) is 2.79. The van der Waals surface area contributed by atoms with Crippen LogP contribution in [0.3, 0.4) is 0 Å². The largest absolute Gasteiger partial charge is 0.493 e. The van der Waals surface area contributed by atoms with Crippen molar-refractivity contribution in [3.63, 3.8) is 0 Å². The molecule has 2 rings (SSSR count). The fourth-order valence-corrected chi connectivity index (χ4v) is 2.63. The average Bonchev–Trinajstić information content (AvgIpc) is 2.69. The Morgan fingerprint density at radius 1 is 1.04 bits per heavy atom. The lowest BCUT2D eigenvalue weighted by Gasteiger charge is -2.19. The predicted octanol–water partition coefficient (Wildman–Crippen LogP) is 3.58. The molecule has 0 fully saturated rings. The van der Waals surface area contributed by atoms with Crippen molar-refractivity contribution in [2.75, 3.05) is 25.5 Å². The number of rotatable bonds is 8. The van der Waals surface area contributed by atoms with Crippen LogP contribution >= 0.6 is 0 Å². The molecule has 0 saturated heterocycles. The highest BCUT2D eigenvalue weighted by Crippen LogP contribution is 2.27. The number of anilines is 1. The summed E-state index contributed by atoms with van der Waals surface area (Å²) >= 11 is 0. The molecule has 1 unspecified atom stereocenters. The Labute approximate surface area is 160 Å². The van der Waals surface area contributed by atoms with Crippen molar-refractivity contribution in [3.05, 3.63) is 54.1 Å². The first-order valence-corrected chi connectivity index (χ1v) is 9.00. The fourth-order valence-electron chi connectivity index (χ4n) is 2.63. The zero-order valence-corrected chi connectivity index (χ0v) is 16.2. The topological polar surface area (TPSA) is 67.9 Å². The first-order valence-electron chi connectivity index (χ1n) is 9.00. The van der Waals surface area contributed by atoms with E-state index < -0.39 is 6.10 Å². The van der Waals surface area contributed by atoms with Crippen molar-refractivity contribution >= 4 is 17.5 Å². The number of amides is 2. The molecule has 1 N–H and O–H groups in total. The van der Waals surface area contributed by atoms with Crippen LogP contribution in [0.5, 0.6) is 11.5 Å². The van der Waals surface area contributed by atoms with Crippen LogP contribution in [0.25, 0.3) is 0 Å². The van der Waals surface area contributed by atoms with Crippen molar-refractivity contribution in [2.24, 2.45) is 0 Å². The Hall–Kier alpha value is -3.02. The minimum absolute atomic E-state index is 0.0607. The van der Waals surface area contributed by atoms with Crippen molar-refractivity contribution in [1.29, 1.82) is 0 Å². The van der Waals surface area contributed by atoms with Crippen molar-refractivity contribution < 1.29 is 19.1 Å². The van der Waals surface area contributed by atoms with E-state index in [-0.39, 0.29) is 11.8 Å². The van der Waals surface area contributed by atoms with Gasteiger partial charge in [0.15, 0.2) is 17.6 Å². The van der Waals surface area contributed by atoms with Gasteiger partial charge in [0.2, 0.25) is 0 Å². The molecular weight excluding hydrogens is 344 g/mol. The molecule has 0 radical (unpaired) electrons. The molecule has 0 heterocycles. The standard InChI is InChI=1S/C21H26N2O4/c1-5-23(6-2)21(25)16-10-9-11-17(14-16)22-20(24)15(3)27-19-13-8-7-12-18(19)26-4/h7-15H,5-6H2,1-4H3,(H,22,24). The van der Waals surface area contributed by atoms with E-state index in [9.17, 15) is 9.59 Å². The molecule has 2 amide bonds. The first-order chi connectivity index (χ1) is 13.0. The molecule has 144 valence electrons. The van der Waals surface area contributed by atoms with Gasteiger partial charge in [-0.15, -0.1) is 0 Å². The summed E-state index contributed by atoms with van der Waals surface area (Å²) in [5.74, 6) is 0.680. The number of para-hydroxylation sites is 2. The van der Waals surface area contributed by atoms with Crippen LogP contribution in [0.15, 0.2) is 48.5 Å². The molecule has 1 atom stereocenters. The molecule has 27 heavy (non-hydrogen) atoms. The van der Waals surface area contributed by atoms with Gasteiger partial charge in [-0.3, -0.25) is 9.59 Å². The van der Waals surface area contributed by atoms with Gasteiger partial charge in [-0.2, -0.15) is 0 Å². The van der Waals surface area contributed by atoms with E-state index in [2.05, 4.69) is 5.32 Å². The highest BCUT2D eigenvalue weighted by molar-refractivity contribution is 5.98. The van der Waals surface area contributed by atoms with E-state index in [0.717, 1.165) is 0 Å². The van der Waals surface area contributed by atoms with Gasteiger partial charge in [0.25, 0.3) is 11.8 Å². The SMILES string of the molecule is CCN(CC)C(=O)c1cccc(NC(=O)C(C)Oc2ccccc2OC)c1. The minimum atomic E-state index is -0.733. The lowest BCUT2D eigenvalue weighted by Crippen LogP contribution is -2.31. The Kier molecular flexibility index (Phi) is 7.23. The first kappa shape index (κ1) is 20.3. The van der Waals surface area contributed by atoms with E-state index in [0.29, 0.717) is 35.8 Å². The smallest absolute Gasteiger partial charge is 0.265 e. The summed E-state index contributed by atoms with van der Waals surface area (Å²) in [6, 6.07) is 14.1. The van der Waals surface area contributed by atoms with E-state index in [1.54, 1.807) is 55.3 Å². The van der Waals surface area contributed by atoms with Crippen LogP contribution in [0.1, 0.15) is 31.1 Å². The molecule has 0 saturated carbocycles. The zero-order chi connectivity index (χ0) is 19.8. The van der Waals surface area contributed by atoms with E-state index >= 15 is 0 Å². The summed E-state index contributed by atoms with van der Waals surface area (Å²) in [6.45, 7) is 6.80. The van der Waals surface area contributed by atoms with Crippen LogP contribution in [-0.4, -0.2) is 43.0 Å². The summed E-state index contributed by atoms with van der Waals surface area (Å²) in [5.41, 5.74) is 1.09. The number of benzene rings is 2. The number of carbonyl (C=O) groups excluding carboxylic acids is 2. The van der Waals surface area contributed by atoms with Gasteiger partial charge in [-0.1, -0.05) is 18.2 Å². The molecule has 0 aliphatic carbocycles. The number of nitrogens with zero attached hydrogens (tertiary/aromatic N) is 1. The molecule has 0 bridgehead atoms. The van der Waals surface area contributed by atoms with Gasteiger partial charge >= 0.3 is 0 Å². The number of nitrogens with one attached hydrogen (secondary N) is 1. The van der Waals surface area contributed by atoms with Crippen LogP contribution < -0.4 is 14.8 Å². The van der Waals surface area contributed by atoms with Crippen LogP contribution in [0, 0.1) is 0 Å². The third-order valence-corrected chi connectivity index (χ3v) is 4.17. The van der Waals surface area contributed by atoms with Gasteiger partial charge in [-0.25, -0.2) is 0 Å². The van der Waals surface area contributed by atoms with Gasteiger partial charge in [-0.05, 0) is 51.1 Å². The van der Waals surface area contributed by atoms with Crippen LogP contribution in [-0.2, 0) is 4.79 Å². The second-order valence-electron chi connectivity index (χ2n) is 5.96. The monoisotopic (exact) mass is 370 g/mol. The minimum Gasteiger partial charge on any atom is -0.493 e. The average molecular weight is 370 g/mol.